The molecule has 1 saturated heterocycles. The van der Waals surface area contributed by atoms with Crippen molar-refractivity contribution < 1.29 is 13.9 Å². The van der Waals surface area contributed by atoms with Crippen molar-refractivity contribution in [1.82, 2.24) is 4.98 Å². The summed E-state index contributed by atoms with van der Waals surface area (Å²) in [7, 11) is 0. The van der Waals surface area contributed by atoms with Crippen LogP contribution in [0.1, 0.15) is 18.9 Å². The van der Waals surface area contributed by atoms with E-state index in [1.807, 2.05) is 61.5 Å². The van der Waals surface area contributed by atoms with Gasteiger partial charge in [-0.05, 0) is 25.1 Å². The zero-order valence-corrected chi connectivity index (χ0v) is 14.4. The van der Waals surface area contributed by atoms with Crippen LogP contribution in [-0.2, 0) is 4.74 Å². The first kappa shape index (κ1) is 16.2. The summed E-state index contributed by atoms with van der Waals surface area (Å²) in [5.41, 5.74) is 2.68. The third kappa shape index (κ3) is 3.26. The summed E-state index contributed by atoms with van der Waals surface area (Å²) in [5.74, 6) is 1.35. The van der Waals surface area contributed by atoms with E-state index in [4.69, 9.17) is 9.15 Å². The fraction of sp³-hybridized carbons (Fsp3) is 0.200. The maximum atomic E-state index is 11.7. The molecule has 0 aliphatic carbocycles. The molecule has 0 radical (unpaired) electrons. The Hall–Kier alpha value is -3.28. The van der Waals surface area contributed by atoms with Gasteiger partial charge in [0.1, 0.15) is 12.6 Å². The molecule has 1 aliphatic rings. The Balaban J connectivity index is 1.49. The van der Waals surface area contributed by atoms with Gasteiger partial charge in [0.25, 0.3) is 0 Å². The van der Waals surface area contributed by atoms with Crippen molar-refractivity contribution in [3.8, 4) is 11.3 Å². The normalized spacial score (nSPS) is 15.0. The maximum absolute atomic E-state index is 11.7. The van der Waals surface area contributed by atoms with Gasteiger partial charge in [-0.15, -0.1) is 0 Å². The molecule has 1 fully saturated rings. The number of oxazole rings is 1. The number of benzene rings is 2. The number of nitrogens with zero attached hydrogens (tertiary/aromatic N) is 2. The minimum Gasteiger partial charge on any atom is -0.447 e. The number of aromatic nitrogens is 1. The standard InChI is InChI=1S/C20H19N3O3/c1-14(19-21-13-18(26-19)15-6-3-2-4-7-15)22-16-8-5-9-17(12-16)23-10-11-25-20(23)24/h2-9,12-14,22H,10-11H2,1H3/t14-/m1/s1. The Bertz CT molecular complexity index is 907. The number of ether oxygens (including phenoxy) is 1. The van der Waals surface area contributed by atoms with Gasteiger partial charge in [0, 0.05) is 16.9 Å². The van der Waals surface area contributed by atoms with Gasteiger partial charge in [0.05, 0.1) is 12.7 Å². The number of hydrogen-bond acceptors (Lipinski definition) is 5. The molecular weight excluding hydrogens is 330 g/mol. The number of cyclic esters (lactones) is 1. The zero-order valence-electron chi connectivity index (χ0n) is 14.4. The molecular formula is C20H19N3O3. The van der Waals surface area contributed by atoms with Gasteiger partial charge >= 0.3 is 6.09 Å². The molecule has 1 N–H and O–H groups in total. The zero-order chi connectivity index (χ0) is 17.9. The highest BCUT2D eigenvalue weighted by atomic mass is 16.6. The molecule has 0 spiro atoms. The minimum absolute atomic E-state index is 0.117. The molecule has 4 rings (SSSR count). The molecule has 1 atom stereocenters. The van der Waals surface area contributed by atoms with Crippen LogP contribution in [0.25, 0.3) is 11.3 Å². The lowest BCUT2D eigenvalue weighted by molar-refractivity contribution is 0.181. The van der Waals surface area contributed by atoms with Gasteiger partial charge in [-0.3, -0.25) is 4.90 Å². The van der Waals surface area contributed by atoms with E-state index in [9.17, 15) is 4.79 Å². The summed E-state index contributed by atoms with van der Waals surface area (Å²) in [5, 5.41) is 3.37. The molecule has 0 saturated carbocycles. The number of rotatable bonds is 5. The van der Waals surface area contributed by atoms with Crippen molar-refractivity contribution >= 4 is 17.5 Å². The molecule has 6 nitrogen and oxygen atoms in total. The molecule has 1 amide bonds. The monoisotopic (exact) mass is 349 g/mol. The predicted octanol–water partition coefficient (Wildman–Crippen LogP) is 4.47. The average Bonchev–Trinajstić information content (AvgIpc) is 3.32. The quantitative estimate of drug-likeness (QED) is 0.736. The third-order valence-electron chi connectivity index (χ3n) is 4.25. The lowest BCUT2D eigenvalue weighted by Crippen LogP contribution is -2.23. The van der Waals surface area contributed by atoms with E-state index in [0.717, 1.165) is 22.7 Å². The summed E-state index contributed by atoms with van der Waals surface area (Å²) in [6.07, 6.45) is 1.43. The largest absolute Gasteiger partial charge is 0.447 e. The molecule has 1 aromatic heterocycles. The van der Waals surface area contributed by atoms with E-state index in [1.165, 1.54) is 0 Å². The highest BCUT2D eigenvalue weighted by Crippen LogP contribution is 2.27. The lowest BCUT2D eigenvalue weighted by Gasteiger charge is -2.16. The van der Waals surface area contributed by atoms with Gasteiger partial charge in [-0.2, -0.15) is 0 Å². The van der Waals surface area contributed by atoms with Gasteiger partial charge in [0.15, 0.2) is 5.76 Å². The topological polar surface area (TPSA) is 67.6 Å². The molecule has 132 valence electrons. The van der Waals surface area contributed by atoms with Crippen molar-refractivity contribution in [2.75, 3.05) is 23.4 Å². The molecule has 3 aromatic rings. The molecule has 0 unspecified atom stereocenters. The van der Waals surface area contributed by atoms with E-state index in [2.05, 4.69) is 10.3 Å². The van der Waals surface area contributed by atoms with Crippen LogP contribution in [0.3, 0.4) is 0 Å². The van der Waals surface area contributed by atoms with Crippen molar-refractivity contribution in [3.63, 3.8) is 0 Å². The fourth-order valence-corrected chi connectivity index (χ4v) is 2.93. The smallest absolute Gasteiger partial charge is 0.414 e. The predicted molar refractivity (Wildman–Crippen MR) is 99.1 cm³/mol. The van der Waals surface area contributed by atoms with Crippen molar-refractivity contribution in [1.29, 1.82) is 0 Å². The van der Waals surface area contributed by atoms with Crippen molar-refractivity contribution in [2.24, 2.45) is 0 Å². The Kier molecular flexibility index (Phi) is 4.31. The van der Waals surface area contributed by atoms with E-state index >= 15 is 0 Å². The molecule has 0 bridgehead atoms. The van der Waals surface area contributed by atoms with Crippen molar-refractivity contribution in [2.45, 2.75) is 13.0 Å². The molecule has 1 aliphatic heterocycles. The summed E-state index contributed by atoms with van der Waals surface area (Å²) in [6, 6.07) is 17.4. The van der Waals surface area contributed by atoms with E-state index in [1.54, 1.807) is 11.1 Å². The number of carbonyl (C=O) groups is 1. The number of carbonyl (C=O) groups excluding carboxylic acids is 1. The average molecular weight is 349 g/mol. The summed E-state index contributed by atoms with van der Waals surface area (Å²) >= 11 is 0. The van der Waals surface area contributed by atoms with Crippen LogP contribution < -0.4 is 10.2 Å². The fourth-order valence-electron chi connectivity index (χ4n) is 2.93. The second kappa shape index (κ2) is 6.92. The van der Waals surface area contributed by atoms with Crippen LogP contribution in [-0.4, -0.2) is 24.2 Å². The third-order valence-corrected chi connectivity index (χ3v) is 4.25. The summed E-state index contributed by atoms with van der Waals surface area (Å²) in [4.78, 5) is 17.7. The van der Waals surface area contributed by atoms with Crippen LogP contribution in [0.4, 0.5) is 16.2 Å². The van der Waals surface area contributed by atoms with Gasteiger partial charge in [0.2, 0.25) is 5.89 Å². The second-order valence-electron chi connectivity index (χ2n) is 6.11. The SMILES string of the molecule is C[C@@H](Nc1cccc(N2CCOC2=O)c1)c1ncc(-c2ccccc2)o1. The lowest BCUT2D eigenvalue weighted by atomic mass is 10.2. The van der Waals surface area contributed by atoms with Crippen LogP contribution in [0.2, 0.25) is 0 Å². The molecule has 6 heteroatoms. The molecule has 2 aromatic carbocycles. The van der Waals surface area contributed by atoms with Crippen LogP contribution >= 0.6 is 0 Å². The Morgan fingerprint density at radius 1 is 1.15 bits per heavy atom. The van der Waals surface area contributed by atoms with E-state index in [-0.39, 0.29) is 12.1 Å². The number of nitrogens with one attached hydrogen (secondary N) is 1. The van der Waals surface area contributed by atoms with Crippen LogP contribution in [0.15, 0.2) is 65.2 Å². The number of anilines is 2. The highest BCUT2D eigenvalue weighted by Gasteiger charge is 2.23. The molecule has 2 heterocycles. The number of hydrogen-bond donors (Lipinski definition) is 1. The second-order valence-corrected chi connectivity index (χ2v) is 6.11. The maximum Gasteiger partial charge on any atom is 0.414 e. The Labute approximate surface area is 151 Å². The summed E-state index contributed by atoms with van der Waals surface area (Å²) < 4.78 is 10.9. The first-order chi connectivity index (χ1) is 12.7. The molecule has 26 heavy (non-hydrogen) atoms. The van der Waals surface area contributed by atoms with Crippen molar-refractivity contribution in [3.05, 3.63) is 66.7 Å². The Morgan fingerprint density at radius 3 is 2.77 bits per heavy atom. The highest BCUT2D eigenvalue weighted by molar-refractivity contribution is 5.89. The minimum atomic E-state index is -0.310. The van der Waals surface area contributed by atoms with Gasteiger partial charge in [-0.25, -0.2) is 9.78 Å². The van der Waals surface area contributed by atoms with E-state index < -0.39 is 0 Å². The van der Waals surface area contributed by atoms with Gasteiger partial charge in [-0.1, -0.05) is 36.4 Å². The first-order valence-electron chi connectivity index (χ1n) is 8.53. The first-order valence-corrected chi connectivity index (χ1v) is 8.53. The van der Waals surface area contributed by atoms with Gasteiger partial charge < -0.3 is 14.5 Å². The van der Waals surface area contributed by atoms with Crippen LogP contribution in [0.5, 0.6) is 0 Å². The number of amides is 1. The summed E-state index contributed by atoms with van der Waals surface area (Å²) in [6.45, 7) is 2.97. The Morgan fingerprint density at radius 2 is 2.00 bits per heavy atom. The van der Waals surface area contributed by atoms with E-state index in [0.29, 0.717) is 19.0 Å². The van der Waals surface area contributed by atoms with Crippen LogP contribution in [0, 0.1) is 0 Å².